The third-order valence-corrected chi connectivity index (χ3v) is 6.08. The molecule has 1 heterocycles. The van der Waals surface area contributed by atoms with Gasteiger partial charge in [0.05, 0.1) is 0 Å². The van der Waals surface area contributed by atoms with E-state index in [1.54, 1.807) is 0 Å². The van der Waals surface area contributed by atoms with Gasteiger partial charge >= 0.3 is 6.18 Å². The molecule has 0 bridgehead atoms. The maximum absolute atomic E-state index is 13.8. The highest BCUT2D eigenvalue weighted by Crippen LogP contribution is 2.57. The zero-order valence-corrected chi connectivity index (χ0v) is 16.4. The number of halogens is 6. The highest BCUT2D eigenvalue weighted by atomic mass is 19.4. The minimum absolute atomic E-state index is 0.00600. The van der Waals surface area contributed by atoms with Crippen LogP contribution in [0.5, 0.6) is 0 Å². The van der Waals surface area contributed by atoms with Gasteiger partial charge in [-0.1, -0.05) is 0 Å². The van der Waals surface area contributed by atoms with Crippen molar-refractivity contribution in [2.45, 2.75) is 56.8 Å². The van der Waals surface area contributed by atoms with Crippen LogP contribution in [0.15, 0.2) is 12.1 Å². The number of benzene rings is 1. The third kappa shape index (κ3) is 4.91. The van der Waals surface area contributed by atoms with Crippen molar-refractivity contribution >= 4 is 5.91 Å². The molecule has 1 aromatic carbocycles. The molecule has 1 aliphatic heterocycles. The van der Waals surface area contributed by atoms with E-state index in [1.165, 1.54) is 0 Å². The van der Waals surface area contributed by atoms with Crippen molar-refractivity contribution in [1.29, 1.82) is 0 Å². The zero-order chi connectivity index (χ0) is 22.1. The summed E-state index contributed by atoms with van der Waals surface area (Å²) in [6.45, 7) is 1.36. The number of hydrogen-bond acceptors (Lipinski definition) is 3. The van der Waals surface area contributed by atoms with Crippen LogP contribution in [0.3, 0.4) is 0 Å². The van der Waals surface area contributed by atoms with Gasteiger partial charge in [0.15, 0.2) is 11.6 Å². The molecule has 0 spiro atoms. The number of hydrogen-bond donors (Lipinski definition) is 2. The molecule has 1 aliphatic carbocycles. The van der Waals surface area contributed by atoms with Crippen molar-refractivity contribution in [3.8, 4) is 0 Å². The van der Waals surface area contributed by atoms with Crippen molar-refractivity contribution in [2.75, 3.05) is 19.6 Å². The van der Waals surface area contributed by atoms with Gasteiger partial charge in [0.25, 0.3) is 0 Å². The summed E-state index contributed by atoms with van der Waals surface area (Å²) in [5.41, 5.74) is 3.78. The highest BCUT2D eigenvalue weighted by Gasteiger charge is 2.68. The van der Waals surface area contributed by atoms with Crippen LogP contribution < -0.4 is 11.1 Å². The largest absolute Gasteiger partial charge is 0.403 e. The Morgan fingerprint density at radius 2 is 1.87 bits per heavy atom. The summed E-state index contributed by atoms with van der Waals surface area (Å²) in [6, 6.07) is 0.697. The Morgan fingerprint density at radius 3 is 2.50 bits per heavy atom. The lowest BCUT2D eigenvalue weighted by Crippen LogP contribution is -2.47. The van der Waals surface area contributed by atoms with E-state index in [9.17, 15) is 31.1 Å². The topological polar surface area (TPSA) is 58.4 Å². The second-order valence-electron chi connectivity index (χ2n) is 8.23. The molecule has 3 rings (SSSR count). The fraction of sp³-hybridized carbons (Fsp3) is 0.650. The molecule has 2 atom stereocenters. The van der Waals surface area contributed by atoms with E-state index in [4.69, 9.17) is 5.73 Å². The van der Waals surface area contributed by atoms with Crippen molar-refractivity contribution in [2.24, 2.45) is 11.1 Å². The summed E-state index contributed by atoms with van der Waals surface area (Å²) in [5, 5.41) is 2.45. The van der Waals surface area contributed by atoms with E-state index in [1.807, 2.05) is 4.90 Å². The first-order valence-electron chi connectivity index (χ1n) is 10.0. The van der Waals surface area contributed by atoms with Crippen LogP contribution in [-0.4, -0.2) is 48.7 Å². The average molecular weight is 437 g/mol. The first-order chi connectivity index (χ1) is 14.0. The van der Waals surface area contributed by atoms with Crippen LogP contribution >= 0.6 is 0 Å². The second-order valence-corrected chi connectivity index (χ2v) is 8.23. The fourth-order valence-electron chi connectivity index (χ4n) is 4.00. The van der Waals surface area contributed by atoms with Gasteiger partial charge in [-0.25, -0.2) is 13.2 Å². The number of carbonyl (C=O) groups excluding carboxylic acids is 1. The number of rotatable bonds is 8. The van der Waals surface area contributed by atoms with Crippen LogP contribution in [0.4, 0.5) is 26.3 Å². The maximum atomic E-state index is 13.8. The molecule has 30 heavy (non-hydrogen) atoms. The van der Waals surface area contributed by atoms with Gasteiger partial charge in [0, 0.05) is 24.7 Å². The Balaban J connectivity index is 1.47. The molecule has 1 amide bonds. The van der Waals surface area contributed by atoms with Gasteiger partial charge in [-0.3, -0.25) is 9.69 Å². The number of nitrogens with one attached hydrogen (secondary N) is 1. The molecule has 3 N–H and O–H groups in total. The SMILES string of the molecule is NC(CCN1CCCC1CNC(=O)C1(C(F)(F)F)CC1)Cc1cc(F)c(F)cc1F. The van der Waals surface area contributed by atoms with Gasteiger partial charge in [-0.05, 0) is 63.2 Å². The van der Waals surface area contributed by atoms with Crippen LogP contribution in [0.2, 0.25) is 0 Å². The molecule has 1 aromatic rings. The molecule has 168 valence electrons. The molecule has 2 fully saturated rings. The van der Waals surface area contributed by atoms with E-state index in [0.717, 1.165) is 25.5 Å². The molecule has 4 nitrogen and oxygen atoms in total. The molecule has 0 aromatic heterocycles. The average Bonchev–Trinajstić information content (AvgIpc) is 3.37. The van der Waals surface area contributed by atoms with Crippen LogP contribution in [0.25, 0.3) is 0 Å². The van der Waals surface area contributed by atoms with Crippen molar-refractivity contribution in [3.63, 3.8) is 0 Å². The lowest BCUT2D eigenvalue weighted by atomic mass is 10.0. The first kappa shape index (κ1) is 22.9. The molecule has 2 unspecified atom stereocenters. The van der Waals surface area contributed by atoms with Gasteiger partial charge in [0.2, 0.25) is 5.91 Å². The van der Waals surface area contributed by atoms with Gasteiger partial charge in [0.1, 0.15) is 11.2 Å². The minimum atomic E-state index is -4.53. The van der Waals surface area contributed by atoms with Crippen molar-refractivity contribution in [1.82, 2.24) is 10.2 Å². The molecule has 2 aliphatic rings. The van der Waals surface area contributed by atoms with E-state index >= 15 is 0 Å². The summed E-state index contributed by atoms with van der Waals surface area (Å²) in [5.74, 6) is -4.22. The zero-order valence-electron chi connectivity index (χ0n) is 16.4. The Labute approximate surface area is 170 Å². The number of likely N-dealkylation sites (tertiary alicyclic amines) is 1. The van der Waals surface area contributed by atoms with Gasteiger partial charge < -0.3 is 11.1 Å². The second kappa shape index (κ2) is 8.74. The lowest BCUT2D eigenvalue weighted by Gasteiger charge is -2.27. The lowest BCUT2D eigenvalue weighted by molar-refractivity contribution is -0.192. The standard InChI is InChI=1S/C20H25F6N3O/c21-15-10-17(23)16(22)9-12(15)8-13(27)3-7-29-6-1-2-14(29)11-28-18(30)19(4-5-19)20(24,25)26/h9-10,13-14H,1-8,11,27H2,(H,28,30). The first-order valence-corrected chi connectivity index (χ1v) is 10.0. The van der Waals surface area contributed by atoms with Gasteiger partial charge in [-0.15, -0.1) is 0 Å². The Hall–Kier alpha value is -1.81. The van der Waals surface area contributed by atoms with E-state index < -0.39 is 41.0 Å². The maximum Gasteiger partial charge on any atom is 0.403 e. The summed E-state index contributed by atoms with van der Waals surface area (Å²) < 4.78 is 79.2. The number of amides is 1. The molecule has 1 saturated carbocycles. The molecule has 0 radical (unpaired) electrons. The number of nitrogens with zero attached hydrogens (tertiary/aromatic N) is 1. The Morgan fingerprint density at radius 1 is 1.20 bits per heavy atom. The predicted octanol–water partition coefficient (Wildman–Crippen LogP) is 3.29. The highest BCUT2D eigenvalue weighted by molar-refractivity contribution is 5.86. The van der Waals surface area contributed by atoms with Crippen LogP contribution in [-0.2, 0) is 11.2 Å². The van der Waals surface area contributed by atoms with Crippen molar-refractivity contribution < 1.29 is 31.1 Å². The van der Waals surface area contributed by atoms with Crippen LogP contribution in [0.1, 0.15) is 37.7 Å². The van der Waals surface area contributed by atoms with Gasteiger partial charge in [-0.2, -0.15) is 13.2 Å². The van der Waals surface area contributed by atoms with E-state index in [0.29, 0.717) is 19.0 Å². The Kier molecular flexibility index (Phi) is 6.66. The fourth-order valence-corrected chi connectivity index (χ4v) is 4.00. The third-order valence-electron chi connectivity index (χ3n) is 6.08. The Bertz CT molecular complexity index is 781. The molecular formula is C20H25F6N3O. The number of alkyl halides is 3. The summed E-state index contributed by atoms with van der Waals surface area (Å²) in [7, 11) is 0. The summed E-state index contributed by atoms with van der Waals surface area (Å²) >= 11 is 0. The molecule has 1 saturated heterocycles. The minimum Gasteiger partial charge on any atom is -0.354 e. The number of nitrogens with two attached hydrogens (primary N) is 1. The smallest absolute Gasteiger partial charge is 0.354 e. The normalized spacial score (nSPS) is 22.2. The molecule has 10 heteroatoms. The van der Waals surface area contributed by atoms with Crippen LogP contribution in [0, 0.1) is 22.9 Å². The van der Waals surface area contributed by atoms with E-state index in [-0.39, 0.29) is 37.4 Å². The predicted molar refractivity (Wildman–Crippen MR) is 97.9 cm³/mol. The summed E-state index contributed by atoms with van der Waals surface area (Å²) in [6.07, 6.45) is -2.82. The van der Waals surface area contributed by atoms with E-state index in [2.05, 4.69) is 5.32 Å². The quantitative estimate of drug-likeness (QED) is 0.485. The number of carbonyl (C=O) groups is 1. The monoisotopic (exact) mass is 437 g/mol. The molecular weight excluding hydrogens is 412 g/mol. The summed E-state index contributed by atoms with van der Waals surface area (Å²) in [4.78, 5) is 14.1. The van der Waals surface area contributed by atoms with Crippen molar-refractivity contribution in [3.05, 3.63) is 35.1 Å².